The van der Waals surface area contributed by atoms with Crippen molar-refractivity contribution in [2.45, 2.75) is 47.1 Å². The summed E-state index contributed by atoms with van der Waals surface area (Å²) >= 11 is 0. The maximum atomic E-state index is 9.68. The van der Waals surface area contributed by atoms with Gasteiger partial charge in [0.1, 0.15) is 5.41 Å². The van der Waals surface area contributed by atoms with E-state index >= 15 is 0 Å². The normalized spacial score (nSPS) is 16.5. The van der Waals surface area contributed by atoms with Crippen LogP contribution in [0.3, 0.4) is 0 Å². The Bertz CT molecular complexity index is 114. The molecule has 0 amide bonds. The topological polar surface area (TPSA) is 20.2 Å². The van der Waals surface area contributed by atoms with Gasteiger partial charge in [0.2, 0.25) is 0 Å². The summed E-state index contributed by atoms with van der Waals surface area (Å²) in [5.74, 6) is 0. The summed E-state index contributed by atoms with van der Waals surface area (Å²) in [5.41, 5.74) is -0.0400. The van der Waals surface area contributed by atoms with Crippen LogP contribution >= 0.6 is 0 Å². The van der Waals surface area contributed by atoms with Gasteiger partial charge in [-0.3, -0.25) is 0 Å². The molecule has 0 radical (unpaired) electrons. The van der Waals surface area contributed by atoms with Gasteiger partial charge in [-0.25, -0.2) is 0 Å². The highest BCUT2D eigenvalue weighted by molar-refractivity contribution is 4.81. The molecule has 0 aliphatic heterocycles. The highest BCUT2D eigenvalue weighted by Crippen LogP contribution is 2.29. The maximum Gasteiger partial charge on any atom is 0.102 e. The summed E-state index contributed by atoms with van der Waals surface area (Å²) in [6.45, 7) is 14.2. The number of hydrogen-bond acceptors (Lipinski definition) is 1. The minimum absolute atomic E-state index is 0.0189. The number of hydrogen-bond donors (Lipinski definition) is 1. The molecule has 0 rings (SSSR count). The van der Waals surface area contributed by atoms with Crippen LogP contribution < -0.4 is 0 Å². The average Bonchev–Trinajstić information content (AvgIpc) is 1.56. The second-order valence-corrected chi connectivity index (χ2v) is 5.25. The SMILES string of the molecule is [CH2+]C(C)(C)CC(O)C(C)(C)C. The summed E-state index contributed by atoms with van der Waals surface area (Å²) in [6.07, 6.45) is 0.506. The molecule has 0 aromatic rings. The van der Waals surface area contributed by atoms with Crippen LogP contribution in [-0.2, 0) is 0 Å². The molecule has 1 unspecified atom stereocenters. The van der Waals surface area contributed by atoms with Crippen LogP contribution in [0.5, 0.6) is 0 Å². The lowest BCUT2D eigenvalue weighted by Gasteiger charge is -2.28. The molecule has 0 saturated carbocycles. The van der Waals surface area contributed by atoms with E-state index in [0.29, 0.717) is 0 Å². The molecular weight excluding hydrogens is 136 g/mol. The zero-order valence-electron chi connectivity index (χ0n) is 8.44. The van der Waals surface area contributed by atoms with Crippen LogP contribution in [0.1, 0.15) is 41.0 Å². The van der Waals surface area contributed by atoms with Gasteiger partial charge in [-0.05, 0) is 19.3 Å². The highest BCUT2D eigenvalue weighted by atomic mass is 16.3. The van der Waals surface area contributed by atoms with Gasteiger partial charge in [0.25, 0.3) is 0 Å². The van der Waals surface area contributed by atoms with Gasteiger partial charge in [-0.1, -0.05) is 20.8 Å². The van der Waals surface area contributed by atoms with E-state index in [2.05, 4.69) is 6.92 Å². The first-order valence-electron chi connectivity index (χ1n) is 4.16. The maximum absolute atomic E-state index is 9.68. The molecule has 0 aromatic carbocycles. The van der Waals surface area contributed by atoms with Crippen molar-refractivity contribution in [1.29, 1.82) is 0 Å². The lowest BCUT2D eigenvalue weighted by atomic mass is 9.79. The zero-order valence-corrected chi connectivity index (χ0v) is 8.44. The lowest BCUT2D eigenvalue weighted by Crippen LogP contribution is -2.30. The number of aliphatic hydroxyl groups excluding tert-OH is 1. The molecule has 1 N–H and O–H groups in total. The van der Waals surface area contributed by atoms with Gasteiger partial charge in [-0.2, -0.15) is 0 Å². The van der Waals surface area contributed by atoms with Crippen molar-refractivity contribution in [3.05, 3.63) is 6.92 Å². The summed E-state index contributed by atoms with van der Waals surface area (Å²) < 4.78 is 0. The Balaban J connectivity index is 3.99. The lowest BCUT2D eigenvalue weighted by molar-refractivity contribution is 0.0334. The molecule has 0 aliphatic rings. The zero-order chi connectivity index (χ0) is 9.28. The molecular formula is C10H21O+. The Hall–Kier alpha value is -0.170. The summed E-state index contributed by atoms with van der Waals surface area (Å²) in [7, 11) is 0. The van der Waals surface area contributed by atoms with Gasteiger partial charge in [0, 0.05) is 6.42 Å². The van der Waals surface area contributed by atoms with E-state index in [4.69, 9.17) is 0 Å². The Morgan fingerprint density at radius 1 is 1.18 bits per heavy atom. The Labute approximate surface area is 70.8 Å². The molecule has 0 bridgehead atoms. The molecule has 66 valence electrons. The van der Waals surface area contributed by atoms with Gasteiger partial charge in [0.05, 0.1) is 13.0 Å². The average molecular weight is 157 g/mol. The second kappa shape index (κ2) is 3.06. The van der Waals surface area contributed by atoms with Crippen molar-refractivity contribution in [1.82, 2.24) is 0 Å². The molecule has 0 aliphatic carbocycles. The smallest absolute Gasteiger partial charge is 0.102 e. The fraction of sp³-hybridized carbons (Fsp3) is 0.900. The summed E-state index contributed by atoms with van der Waals surface area (Å²) in [5, 5.41) is 9.68. The predicted octanol–water partition coefficient (Wildman–Crippen LogP) is 2.64. The van der Waals surface area contributed by atoms with Crippen LogP contribution in [0.2, 0.25) is 0 Å². The van der Waals surface area contributed by atoms with Crippen molar-refractivity contribution in [3.63, 3.8) is 0 Å². The molecule has 1 nitrogen and oxygen atoms in total. The molecule has 1 atom stereocenters. The molecule has 0 heterocycles. The van der Waals surface area contributed by atoms with Gasteiger partial charge < -0.3 is 5.11 Å². The molecule has 0 saturated heterocycles. The molecule has 1 heteroatoms. The fourth-order valence-corrected chi connectivity index (χ4v) is 0.830. The minimum Gasteiger partial charge on any atom is -0.392 e. The first-order valence-corrected chi connectivity index (χ1v) is 4.16. The third-order valence-electron chi connectivity index (χ3n) is 1.75. The minimum atomic E-state index is -0.255. The van der Waals surface area contributed by atoms with Gasteiger partial charge in [0.15, 0.2) is 0 Å². The van der Waals surface area contributed by atoms with Crippen molar-refractivity contribution in [2.24, 2.45) is 10.8 Å². The standard InChI is InChI=1S/C10H21O/c1-9(2,3)7-8(11)10(4,5)6/h8,11H,1,7H2,2-6H3/q+1. The van der Waals surface area contributed by atoms with E-state index in [0.717, 1.165) is 6.42 Å². The van der Waals surface area contributed by atoms with E-state index in [-0.39, 0.29) is 16.9 Å². The fourth-order valence-electron chi connectivity index (χ4n) is 0.830. The monoisotopic (exact) mass is 157 g/mol. The largest absolute Gasteiger partial charge is 0.392 e. The van der Waals surface area contributed by atoms with Crippen LogP contribution in [0, 0.1) is 17.8 Å². The third-order valence-corrected chi connectivity index (χ3v) is 1.75. The predicted molar refractivity (Wildman–Crippen MR) is 49.2 cm³/mol. The number of aliphatic hydroxyl groups is 1. The van der Waals surface area contributed by atoms with E-state index in [9.17, 15) is 5.11 Å². The van der Waals surface area contributed by atoms with Crippen LogP contribution in [-0.4, -0.2) is 11.2 Å². The number of rotatable bonds is 2. The molecule has 11 heavy (non-hydrogen) atoms. The molecule has 0 aromatic heterocycles. The first-order chi connectivity index (χ1) is 4.63. The highest BCUT2D eigenvalue weighted by Gasteiger charge is 2.30. The summed E-state index contributed by atoms with van der Waals surface area (Å²) in [4.78, 5) is 0. The van der Waals surface area contributed by atoms with E-state index in [1.165, 1.54) is 0 Å². The van der Waals surface area contributed by atoms with Gasteiger partial charge >= 0.3 is 0 Å². The molecule has 0 spiro atoms. The van der Waals surface area contributed by atoms with Crippen molar-refractivity contribution >= 4 is 0 Å². The van der Waals surface area contributed by atoms with Crippen LogP contribution in [0.4, 0.5) is 0 Å². The van der Waals surface area contributed by atoms with Crippen molar-refractivity contribution in [2.75, 3.05) is 0 Å². The van der Waals surface area contributed by atoms with Crippen LogP contribution in [0.15, 0.2) is 0 Å². The second-order valence-electron chi connectivity index (χ2n) is 5.25. The quantitative estimate of drug-likeness (QED) is 0.611. The Morgan fingerprint density at radius 2 is 1.55 bits per heavy atom. The van der Waals surface area contributed by atoms with E-state index in [1.54, 1.807) is 0 Å². The van der Waals surface area contributed by atoms with Crippen molar-refractivity contribution in [3.8, 4) is 0 Å². The summed E-state index contributed by atoms with van der Waals surface area (Å²) in [6, 6.07) is 0. The van der Waals surface area contributed by atoms with Crippen molar-refractivity contribution < 1.29 is 5.11 Å². The Kier molecular flexibility index (Phi) is 3.01. The Morgan fingerprint density at radius 3 is 1.64 bits per heavy atom. The van der Waals surface area contributed by atoms with E-state index < -0.39 is 0 Å². The molecule has 0 fully saturated rings. The van der Waals surface area contributed by atoms with E-state index in [1.807, 2.05) is 34.6 Å². The first kappa shape index (κ1) is 10.8. The van der Waals surface area contributed by atoms with Gasteiger partial charge in [-0.15, -0.1) is 0 Å². The van der Waals surface area contributed by atoms with Crippen LogP contribution in [0.25, 0.3) is 0 Å². The third kappa shape index (κ3) is 5.14.